The van der Waals surface area contributed by atoms with Gasteiger partial charge in [-0.1, -0.05) is 121 Å². The van der Waals surface area contributed by atoms with Crippen molar-refractivity contribution in [1.82, 2.24) is 0 Å². The molecular weight excluding hydrogens is 571 g/mol. The SMILES string of the molecule is Cc1c(-c2cccc(N(c3ccc(-c4ccc5ccccc5c4)cc3)c3ccc4c(ccc5ccccc54)c3)c2)oc2ccccc12. The summed E-state index contributed by atoms with van der Waals surface area (Å²) in [6.07, 6.45) is 0. The molecular formula is C45H31NO. The number of aryl methyl sites for hydroxylation is 1. The van der Waals surface area contributed by atoms with Gasteiger partial charge < -0.3 is 9.32 Å². The predicted octanol–water partition coefficient (Wildman–Crippen LogP) is 13.0. The fourth-order valence-corrected chi connectivity index (χ4v) is 6.99. The van der Waals surface area contributed by atoms with Gasteiger partial charge in [-0.15, -0.1) is 0 Å². The summed E-state index contributed by atoms with van der Waals surface area (Å²) in [7, 11) is 0. The van der Waals surface area contributed by atoms with Crippen molar-refractivity contribution in [2.75, 3.05) is 4.90 Å². The summed E-state index contributed by atoms with van der Waals surface area (Å²) < 4.78 is 6.41. The van der Waals surface area contributed by atoms with Crippen molar-refractivity contribution in [3.8, 4) is 22.5 Å². The largest absolute Gasteiger partial charge is 0.456 e. The van der Waals surface area contributed by atoms with Crippen molar-refractivity contribution in [3.05, 3.63) is 175 Å². The summed E-state index contributed by atoms with van der Waals surface area (Å²) in [5.41, 5.74) is 8.78. The summed E-state index contributed by atoms with van der Waals surface area (Å²) in [6.45, 7) is 2.14. The Bertz CT molecular complexity index is 2590. The average molecular weight is 602 g/mol. The Labute approximate surface area is 273 Å². The number of hydrogen-bond donors (Lipinski definition) is 0. The van der Waals surface area contributed by atoms with Crippen molar-refractivity contribution in [2.24, 2.45) is 0 Å². The Morgan fingerprint density at radius 3 is 1.87 bits per heavy atom. The van der Waals surface area contributed by atoms with E-state index in [0.29, 0.717) is 0 Å². The molecule has 2 heteroatoms. The number of para-hydroxylation sites is 1. The minimum atomic E-state index is 0.907. The van der Waals surface area contributed by atoms with E-state index in [9.17, 15) is 0 Å². The van der Waals surface area contributed by atoms with Crippen LogP contribution in [0.25, 0.3) is 65.7 Å². The first-order valence-electron chi connectivity index (χ1n) is 16.1. The standard InChI is InChI=1S/C45H31NO/c1-30-41-14-6-7-16-44(41)47-45(30)37-12-8-13-39(29-37)46(40-25-26-43-36(28-40)20-18-33-10-4-5-15-42(33)43)38-23-21-32(22-24-38)35-19-17-31-9-2-3-11-34(31)27-35/h2-29H,1H3. The van der Waals surface area contributed by atoms with E-state index in [1.807, 2.05) is 12.1 Å². The second kappa shape index (κ2) is 11.0. The van der Waals surface area contributed by atoms with Crippen molar-refractivity contribution in [3.63, 3.8) is 0 Å². The van der Waals surface area contributed by atoms with Crippen LogP contribution in [0.1, 0.15) is 5.56 Å². The summed E-state index contributed by atoms with van der Waals surface area (Å²) >= 11 is 0. The fraction of sp³-hybridized carbons (Fsp3) is 0.0222. The Morgan fingerprint density at radius 1 is 0.383 bits per heavy atom. The number of furan rings is 1. The molecule has 0 aliphatic rings. The van der Waals surface area contributed by atoms with Gasteiger partial charge >= 0.3 is 0 Å². The summed E-state index contributed by atoms with van der Waals surface area (Å²) in [5.74, 6) is 0.907. The van der Waals surface area contributed by atoms with Crippen molar-refractivity contribution in [1.29, 1.82) is 0 Å². The molecule has 0 saturated heterocycles. The van der Waals surface area contributed by atoms with Crippen LogP contribution in [0.15, 0.2) is 174 Å². The molecule has 0 aliphatic heterocycles. The Balaban J connectivity index is 1.18. The highest BCUT2D eigenvalue weighted by Crippen LogP contribution is 2.41. The maximum Gasteiger partial charge on any atom is 0.138 e. The molecule has 0 amide bonds. The fourth-order valence-electron chi connectivity index (χ4n) is 6.99. The molecule has 9 rings (SSSR count). The third-order valence-corrected chi connectivity index (χ3v) is 9.41. The molecule has 0 spiro atoms. The number of nitrogens with zero attached hydrogens (tertiary/aromatic N) is 1. The van der Waals surface area contributed by atoms with Crippen LogP contribution in [-0.2, 0) is 0 Å². The van der Waals surface area contributed by atoms with Crippen LogP contribution >= 0.6 is 0 Å². The van der Waals surface area contributed by atoms with Crippen LogP contribution in [0.3, 0.4) is 0 Å². The molecule has 9 aromatic rings. The van der Waals surface area contributed by atoms with E-state index in [4.69, 9.17) is 4.42 Å². The number of fused-ring (bicyclic) bond motifs is 5. The zero-order valence-electron chi connectivity index (χ0n) is 26.0. The lowest BCUT2D eigenvalue weighted by molar-refractivity contribution is 0.629. The van der Waals surface area contributed by atoms with Crippen LogP contribution < -0.4 is 4.90 Å². The highest BCUT2D eigenvalue weighted by atomic mass is 16.3. The number of hydrogen-bond acceptors (Lipinski definition) is 2. The van der Waals surface area contributed by atoms with E-state index in [1.165, 1.54) is 43.4 Å². The monoisotopic (exact) mass is 601 g/mol. The molecule has 0 saturated carbocycles. The zero-order valence-corrected chi connectivity index (χ0v) is 26.0. The van der Waals surface area contributed by atoms with E-state index in [2.05, 4.69) is 170 Å². The molecule has 0 N–H and O–H groups in total. The second-order valence-corrected chi connectivity index (χ2v) is 12.2. The van der Waals surface area contributed by atoms with E-state index in [0.717, 1.165) is 44.9 Å². The van der Waals surface area contributed by atoms with Crippen molar-refractivity contribution >= 4 is 60.3 Å². The molecule has 0 atom stereocenters. The third-order valence-electron chi connectivity index (χ3n) is 9.41. The summed E-state index contributed by atoms with van der Waals surface area (Å²) in [5, 5.41) is 8.64. The van der Waals surface area contributed by atoms with Gasteiger partial charge in [0.15, 0.2) is 0 Å². The van der Waals surface area contributed by atoms with Gasteiger partial charge in [0, 0.05) is 33.6 Å². The number of benzene rings is 8. The number of anilines is 3. The smallest absolute Gasteiger partial charge is 0.138 e. The van der Waals surface area contributed by atoms with Crippen molar-refractivity contribution < 1.29 is 4.42 Å². The molecule has 0 fully saturated rings. The Kier molecular flexibility index (Phi) is 6.39. The highest BCUT2D eigenvalue weighted by Gasteiger charge is 2.18. The predicted molar refractivity (Wildman–Crippen MR) is 199 cm³/mol. The topological polar surface area (TPSA) is 16.4 Å². The maximum atomic E-state index is 6.41. The number of rotatable bonds is 5. The molecule has 8 aromatic carbocycles. The molecule has 2 nitrogen and oxygen atoms in total. The van der Waals surface area contributed by atoms with Gasteiger partial charge in [-0.2, -0.15) is 0 Å². The molecule has 222 valence electrons. The lowest BCUT2D eigenvalue weighted by Crippen LogP contribution is -2.10. The molecule has 47 heavy (non-hydrogen) atoms. The van der Waals surface area contributed by atoms with Gasteiger partial charge in [0.1, 0.15) is 11.3 Å². The van der Waals surface area contributed by atoms with Crippen LogP contribution in [0.5, 0.6) is 0 Å². The first-order chi connectivity index (χ1) is 23.2. The summed E-state index contributed by atoms with van der Waals surface area (Å²) in [4.78, 5) is 2.35. The molecule has 0 bridgehead atoms. The van der Waals surface area contributed by atoms with E-state index >= 15 is 0 Å². The minimum absolute atomic E-state index is 0.907. The zero-order chi connectivity index (χ0) is 31.3. The molecule has 0 unspecified atom stereocenters. The Morgan fingerprint density at radius 2 is 1.02 bits per heavy atom. The second-order valence-electron chi connectivity index (χ2n) is 12.2. The maximum absolute atomic E-state index is 6.41. The lowest BCUT2D eigenvalue weighted by atomic mass is 10.00. The molecule has 1 heterocycles. The van der Waals surface area contributed by atoms with Crippen LogP contribution in [0, 0.1) is 6.92 Å². The van der Waals surface area contributed by atoms with Crippen molar-refractivity contribution in [2.45, 2.75) is 6.92 Å². The van der Waals surface area contributed by atoms with Gasteiger partial charge in [-0.05, 0) is 98.9 Å². The van der Waals surface area contributed by atoms with Crippen LogP contribution in [0.4, 0.5) is 17.1 Å². The average Bonchev–Trinajstić information content (AvgIpc) is 3.48. The van der Waals surface area contributed by atoms with E-state index < -0.39 is 0 Å². The lowest BCUT2D eigenvalue weighted by Gasteiger charge is -2.26. The van der Waals surface area contributed by atoms with Gasteiger partial charge in [-0.3, -0.25) is 0 Å². The van der Waals surface area contributed by atoms with Gasteiger partial charge in [0.25, 0.3) is 0 Å². The minimum Gasteiger partial charge on any atom is -0.456 e. The quantitative estimate of drug-likeness (QED) is 0.182. The summed E-state index contributed by atoms with van der Waals surface area (Å²) in [6, 6.07) is 60.9. The van der Waals surface area contributed by atoms with Crippen LogP contribution in [0.2, 0.25) is 0 Å². The first kappa shape index (κ1) is 27.2. The van der Waals surface area contributed by atoms with E-state index in [1.54, 1.807) is 0 Å². The third kappa shape index (κ3) is 4.74. The molecule has 0 radical (unpaired) electrons. The first-order valence-corrected chi connectivity index (χ1v) is 16.1. The van der Waals surface area contributed by atoms with Crippen LogP contribution in [-0.4, -0.2) is 0 Å². The van der Waals surface area contributed by atoms with Gasteiger partial charge in [0.05, 0.1) is 0 Å². The normalized spacial score (nSPS) is 11.5. The highest BCUT2D eigenvalue weighted by molar-refractivity contribution is 6.08. The Hall–Kier alpha value is -6.12. The van der Waals surface area contributed by atoms with Gasteiger partial charge in [0.2, 0.25) is 0 Å². The van der Waals surface area contributed by atoms with E-state index in [-0.39, 0.29) is 0 Å². The van der Waals surface area contributed by atoms with Gasteiger partial charge in [-0.25, -0.2) is 0 Å². The molecule has 0 aliphatic carbocycles. The molecule has 1 aromatic heterocycles.